The Labute approximate surface area is 87.2 Å². The third-order valence-electron chi connectivity index (χ3n) is 2.18. The molecule has 0 saturated carbocycles. The van der Waals surface area contributed by atoms with Crippen LogP contribution in [0.4, 0.5) is 0 Å². The second-order valence-corrected chi connectivity index (χ2v) is 4.87. The van der Waals surface area contributed by atoms with Gasteiger partial charge in [-0.25, -0.2) is 0 Å². The topological polar surface area (TPSA) is 9.23 Å². The first kappa shape index (κ1) is 9.07. The smallest absolute Gasteiger partial charge is 0.124 e. The number of hydrogen-bond acceptors (Lipinski definition) is 1. The van der Waals surface area contributed by atoms with E-state index in [2.05, 4.69) is 42.3 Å². The summed E-state index contributed by atoms with van der Waals surface area (Å²) in [4.78, 5) is 0. The van der Waals surface area contributed by atoms with Gasteiger partial charge in [-0.15, -0.1) is 0 Å². The standard InChI is InChI=1S/C11H12BrO/c1-11(2)6-5-8-3-4-9(12)7-10(8)13-11/h3-5,7H,6H2,1-2H3. The minimum absolute atomic E-state index is 0.0617. The summed E-state index contributed by atoms with van der Waals surface area (Å²) < 4.78 is 6.91. The molecule has 2 rings (SSSR count). The van der Waals surface area contributed by atoms with Crippen LogP contribution < -0.4 is 4.74 Å². The zero-order chi connectivity index (χ0) is 9.47. The van der Waals surface area contributed by atoms with Crippen LogP contribution in [0.3, 0.4) is 0 Å². The Hall–Kier alpha value is -0.500. The predicted octanol–water partition coefficient (Wildman–Crippen LogP) is 3.56. The Morgan fingerprint density at radius 2 is 2.15 bits per heavy atom. The van der Waals surface area contributed by atoms with Crippen molar-refractivity contribution in [1.29, 1.82) is 0 Å². The molecule has 0 aromatic heterocycles. The lowest BCUT2D eigenvalue weighted by Gasteiger charge is -2.32. The lowest BCUT2D eigenvalue weighted by molar-refractivity contribution is 0.0987. The van der Waals surface area contributed by atoms with Crippen molar-refractivity contribution in [3.8, 4) is 5.75 Å². The molecule has 0 atom stereocenters. The van der Waals surface area contributed by atoms with E-state index in [-0.39, 0.29) is 5.60 Å². The second-order valence-electron chi connectivity index (χ2n) is 3.95. The molecule has 1 nitrogen and oxygen atoms in total. The van der Waals surface area contributed by atoms with E-state index < -0.39 is 0 Å². The fraction of sp³-hybridized carbons (Fsp3) is 0.364. The van der Waals surface area contributed by atoms with E-state index in [0.29, 0.717) is 0 Å². The van der Waals surface area contributed by atoms with Crippen molar-refractivity contribution in [3.63, 3.8) is 0 Å². The molecule has 0 unspecified atom stereocenters. The number of fused-ring (bicyclic) bond motifs is 1. The molecular formula is C11H12BrO. The highest BCUT2D eigenvalue weighted by Gasteiger charge is 2.26. The Kier molecular flexibility index (Phi) is 2.11. The van der Waals surface area contributed by atoms with E-state index >= 15 is 0 Å². The molecule has 1 aromatic carbocycles. The van der Waals surface area contributed by atoms with Crippen molar-refractivity contribution in [2.45, 2.75) is 25.9 Å². The summed E-state index contributed by atoms with van der Waals surface area (Å²) in [6, 6.07) is 6.14. The third kappa shape index (κ3) is 1.88. The van der Waals surface area contributed by atoms with Crippen LogP contribution in [0.2, 0.25) is 0 Å². The fourth-order valence-corrected chi connectivity index (χ4v) is 1.80. The Balaban J connectivity index is 2.38. The van der Waals surface area contributed by atoms with Crippen molar-refractivity contribution in [3.05, 3.63) is 34.7 Å². The van der Waals surface area contributed by atoms with E-state index in [9.17, 15) is 0 Å². The van der Waals surface area contributed by atoms with Crippen LogP contribution in [0.25, 0.3) is 0 Å². The van der Waals surface area contributed by atoms with Gasteiger partial charge in [0.2, 0.25) is 0 Å². The first-order valence-corrected chi connectivity index (χ1v) is 5.18. The molecule has 13 heavy (non-hydrogen) atoms. The Morgan fingerprint density at radius 3 is 2.92 bits per heavy atom. The SMILES string of the molecule is CC1(C)C[CH]c2ccc(Br)cc2O1. The van der Waals surface area contributed by atoms with Gasteiger partial charge in [0.15, 0.2) is 0 Å². The zero-order valence-corrected chi connectivity index (χ0v) is 9.39. The van der Waals surface area contributed by atoms with Crippen molar-refractivity contribution >= 4 is 15.9 Å². The van der Waals surface area contributed by atoms with E-state index in [1.54, 1.807) is 0 Å². The van der Waals surface area contributed by atoms with Crippen LogP contribution >= 0.6 is 15.9 Å². The molecule has 1 aromatic rings. The lowest BCUT2D eigenvalue weighted by atomic mass is 9.94. The molecule has 0 bridgehead atoms. The van der Waals surface area contributed by atoms with E-state index in [0.717, 1.165) is 16.6 Å². The van der Waals surface area contributed by atoms with Crippen molar-refractivity contribution in [2.75, 3.05) is 0 Å². The predicted molar refractivity (Wildman–Crippen MR) is 56.9 cm³/mol. The normalized spacial score (nSPS) is 19.0. The summed E-state index contributed by atoms with van der Waals surface area (Å²) in [6.07, 6.45) is 3.20. The van der Waals surface area contributed by atoms with Gasteiger partial charge in [-0.05, 0) is 44.4 Å². The average molecular weight is 240 g/mol. The molecular weight excluding hydrogens is 228 g/mol. The molecule has 0 N–H and O–H groups in total. The first-order chi connectivity index (χ1) is 6.07. The Bertz CT molecular complexity index is 331. The van der Waals surface area contributed by atoms with Gasteiger partial charge in [-0.1, -0.05) is 22.0 Å². The third-order valence-corrected chi connectivity index (χ3v) is 2.67. The highest BCUT2D eigenvalue weighted by atomic mass is 79.9. The second kappa shape index (κ2) is 3.02. The summed E-state index contributed by atoms with van der Waals surface area (Å²) in [5.41, 5.74) is 1.14. The fourth-order valence-electron chi connectivity index (χ4n) is 1.46. The van der Waals surface area contributed by atoms with Gasteiger partial charge in [0.05, 0.1) is 0 Å². The van der Waals surface area contributed by atoms with Gasteiger partial charge in [-0.3, -0.25) is 0 Å². The number of ether oxygens (including phenoxy) is 1. The average Bonchev–Trinajstić information content (AvgIpc) is 2.01. The molecule has 0 amide bonds. The summed E-state index contributed by atoms with van der Waals surface area (Å²) in [6.45, 7) is 4.21. The van der Waals surface area contributed by atoms with Crippen LogP contribution in [-0.2, 0) is 0 Å². The van der Waals surface area contributed by atoms with Crippen molar-refractivity contribution < 1.29 is 4.74 Å². The van der Waals surface area contributed by atoms with Crippen molar-refractivity contribution in [2.24, 2.45) is 0 Å². The molecule has 2 heteroatoms. The van der Waals surface area contributed by atoms with Crippen LogP contribution in [0.5, 0.6) is 5.75 Å². The molecule has 0 saturated heterocycles. The molecule has 0 spiro atoms. The van der Waals surface area contributed by atoms with Gasteiger partial charge in [0, 0.05) is 4.47 Å². The van der Waals surface area contributed by atoms with Crippen LogP contribution in [0.15, 0.2) is 22.7 Å². The van der Waals surface area contributed by atoms with Crippen LogP contribution in [0, 0.1) is 6.42 Å². The molecule has 1 radical (unpaired) electrons. The molecule has 0 fully saturated rings. The Morgan fingerprint density at radius 1 is 1.38 bits per heavy atom. The number of hydrogen-bond donors (Lipinski definition) is 0. The van der Waals surface area contributed by atoms with Gasteiger partial charge < -0.3 is 4.74 Å². The minimum Gasteiger partial charge on any atom is -0.488 e. The van der Waals surface area contributed by atoms with E-state index in [1.807, 2.05) is 12.1 Å². The summed E-state index contributed by atoms with van der Waals surface area (Å²) >= 11 is 3.43. The monoisotopic (exact) mass is 239 g/mol. The van der Waals surface area contributed by atoms with Gasteiger partial charge >= 0.3 is 0 Å². The van der Waals surface area contributed by atoms with Gasteiger partial charge in [0.1, 0.15) is 11.4 Å². The highest BCUT2D eigenvalue weighted by molar-refractivity contribution is 9.10. The maximum Gasteiger partial charge on any atom is 0.124 e. The number of rotatable bonds is 0. The summed E-state index contributed by atoms with van der Waals surface area (Å²) in [7, 11) is 0. The maximum absolute atomic E-state index is 5.84. The molecule has 1 heterocycles. The minimum atomic E-state index is -0.0617. The maximum atomic E-state index is 5.84. The molecule has 0 aliphatic carbocycles. The van der Waals surface area contributed by atoms with Crippen LogP contribution in [-0.4, -0.2) is 5.60 Å². The lowest BCUT2D eigenvalue weighted by Crippen LogP contribution is -2.31. The van der Waals surface area contributed by atoms with Gasteiger partial charge in [0.25, 0.3) is 0 Å². The zero-order valence-electron chi connectivity index (χ0n) is 7.80. The molecule has 1 aliphatic rings. The van der Waals surface area contributed by atoms with E-state index in [1.165, 1.54) is 5.56 Å². The first-order valence-electron chi connectivity index (χ1n) is 4.39. The van der Waals surface area contributed by atoms with Crippen molar-refractivity contribution in [1.82, 2.24) is 0 Å². The highest BCUT2D eigenvalue weighted by Crippen LogP contribution is 2.35. The molecule has 1 aliphatic heterocycles. The van der Waals surface area contributed by atoms with Gasteiger partial charge in [-0.2, -0.15) is 0 Å². The summed E-state index contributed by atoms with van der Waals surface area (Å²) in [5, 5.41) is 0. The van der Waals surface area contributed by atoms with E-state index in [4.69, 9.17) is 4.74 Å². The quantitative estimate of drug-likeness (QED) is 0.673. The van der Waals surface area contributed by atoms with Crippen LogP contribution in [0.1, 0.15) is 25.8 Å². The summed E-state index contributed by atoms with van der Waals surface area (Å²) in [5.74, 6) is 0.977. The largest absolute Gasteiger partial charge is 0.488 e. The number of halogens is 1. The number of benzene rings is 1. The molecule has 69 valence electrons.